The second-order valence-electron chi connectivity index (χ2n) is 4.17. The molecule has 5 heteroatoms. The Hall–Kier alpha value is -2.82. The fourth-order valence-electron chi connectivity index (χ4n) is 1.81. The number of rotatable bonds is 3. The molecule has 1 aliphatic heterocycles. The molecule has 3 rings (SSSR count). The van der Waals surface area contributed by atoms with Crippen molar-refractivity contribution in [1.82, 2.24) is 4.98 Å². The number of anilines is 1. The molecule has 0 fully saturated rings. The standard InChI is InChI=1S/C15H12N2O3/c18-15(17-12-5-7-16-8-6-12)4-2-11-1-3-13-14(9-11)20-10-19-13/h1-9H,10H2,(H,16,17,18)/b4-2+. The summed E-state index contributed by atoms with van der Waals surface area (Å²) in [6.45, 7) is 0.241. The van der Waals surface area contributed by atoms with Crippen LogP contribution in [0.3, 0.4) is 0 Å². The highest BCUT2D eigenvalue weighted by Gasteiger charge is 2.12. The number of amides is 1. The quantitative estimate of drug-likeness (QED) is 0.869. The number of carbonyl (C=O) groups excluding carboxylic acids is 1. The Morgan fingerprint density at radius 3 is 2.80 bits per heavy atom. The summed E-state index contributed by atoms with van der Waals surface area (Å²) in [5.41, 5.74) is 1.58. The Labute approximate surface area is 115 Å². The summed E-state index contributed by atoms with van der Waals surface area (Å²) >= 11 is 0. The van der Waals surface area contributed by atoms with Gasteiger partial charge in [-0.1, -0.05) is 6.07 Å². The smallest absolute Gasteiger partial charge is 0.248 e. The lowest BCUT2D eigenvalue weighted by Gasteiger charge is -2.00. The Morgan fingerprint density at radius 1 is 1.15 bits per heavy atom. The van der Waals surface area contributed by atoms with Crippen molar-refractivity contribution in [3.63, 3.8) is 0 Å². The summed E-state index contributed by atoms with van der Waals surface area (Å²) in [5.74, 6) is 1.22. The van der Waals surface area contributed by atoms with E-state index in [1.54, 1.807) is 30.6 Å². The van der Waals surface area contributed by atoms with Gasteiger partial charge >= 0.3 is 0 Å². The average Bonchev–Trinajstić information content (AvgIpc) is 2.93. The third kappa shape index (κ3) is 2.77. The predicted molar refractivity (Wildman–Crippen MR) is 74.5 cm³/mol. The van der Waals surface area contributed by atoms with Gasteiger partial charge in [0.15, 0.2) is 11.5 Å². The van der Waals surface area contributed by atoms with Gasteiger partial charge in [-0.05, 0) is 35.9 Å². The maximum absolute atomic E-state index is 11.7. The van der Waals surface area contributed by atoms with Gasteiger partial charge in [0.2, 0.25) is 12.7 Å². The van der Waals surface area contributed by atoms with Crippen molar-refractivity contribution < 1.29 is 14.3 Å². The van der Waals surface area contributed by atoms with Crippen LogP contribution in [0.15, 0.2) is 48.8 Å². The number of pyridine rings is 1. The van der Waals surface area contributed by atoms with Gasteiger partial charge in [0, 0.05) is 24.2 Å². The van der Waals surface area contributed by atoms with E-state index in [1.807, 2.05) is 18.2 Å². The minimum Gasteiger partial charge on any atom is -0.454 e. The highest BCUT2D eigenvalue weighted by Crippen LogP contribution is 2.32. The summed E-state index contributed by atoms with van der Waals surface area (Å²) in [5, 5.41) is 2.74. The molecule has 0 spiro atoms. The molecule has 100 valence electrons. The second-order valence-corrected chi connectivity index (χ2v) is 4.17. The van der Waals surface area contributed by atoms with Crippen LogP contribution < -0.4 is 14.8 Å². The molecule has 20 heavy (non-hydrogen) atoms. The SMILES string of the molecule is O=C(/C=C/c1ccc2c(c1)OCO2)Nc1ccncc1. The lowest BCUT2D eigenvalue weighted by atomic mass is 10.2. The third-order valence-electron chi connectivity index (χ3n) is 2.77. The van der Waals surface area contributed by atoms with Gasteiger partial charge in [0.1, 0.15) is 0 Å². The first kappa shape index (κ1) is 12.2. The van der Waals surface area contributed by atoms with Crippen LogP contribution in [0.1, 0.15) is 5.56 Å². The van der Waals surface area contributed by atoms with Gasteiger partial charge in [-0.15, -0.1) is 0 Å². The van der Waals surface area contributed by atoms with Crippen molar-refractivity contribution in [2.45, 2.75) is 0 Å². The van der Waals surface area contributed by atoms with Gasteiger partial charge in [0.25, 0.3) is 0 Å². The fourth-order valence-corrected chi connectivity index (χ4v) is 1.81. The van der Waals surface area contributed by atoms with E-state index in [9.17, 15) is 4.79 Å². The van der Waals surface area contributed by atoms with E-state index in [2.05, 4.69) is 10.3 Å². The number of nitrogens with zero attached hydrogens (tertiary/aromatic N) is 1. The number of carbonyl (C=O) groups is 1. The van der Waals surface area contributed by atoms with Crippen LogP contribution in [0.5, 0.6) is 11.5 Å². The molecule has 2 heterocycles. The van der Waals surface area contributed by atoms with E-state index in [0.717, 1.165) is 11.3 Å². The van der Waals surface area contributed by atoms with E-state index in [4.69, 9.17) is 9.47 Å². The van der Waals surface area contributed by atoms with Crippen molar-refractivity contribution in [1.29, 1.82) is 0 Å². The number of ether oxygens (including phenoxy) is 2. The zero-order chi connectivity index (χ0) is 13.8. The summed E-state index contributed by atoms with van der Waals surface area (Å²) in [7, 11) is 0. The van der Waals surface area contributed by atoms with Crippen LogP contribution in [0.25, 0.3) is 6.08 Å². The molecule has 0 saturated carbocycles. The number of nitrogens with one attached hydrogen (secondary N) is 1. The van der Waals surface area contributed by atoms with Crippen molar-refractivity contribution in [2.24, 2.45) is 0 Å². The zero-order valence-electron chi connectivity index (χ0n) is 10.6. The van der Waals surface area contributed by atoms with Gasteiger partial charge in [-0.25, -0.2) is 0 Å². The highest BCUT2D eigenvalue weighted by atomic mass is 16.7. The van der Waals surface area contributed by atoms with Gasteiger partial charge in [-0.2, -0.15) is 0 Å². The molecule has 2 aromatic rings. The summed E-state index contributed by atoms with van der Waals surface area (Å²) in [6.07, 6.45) is 6.44. The first-order valence-electron chi connectivity index (χ1n) is 6.10. The maximum atomic E-state index is 11.7. The number of fused-ring (bicyclic) bond motifs is 1. The number of aromatic nitrogens is 1. The van der Waals surface area contributed by atoms with Crippen LogP contribution in [0, 0.1) is 0 Å². The normalized spacial score (nSPS) is 12.6. The minimum absolute atomic E-state index is 0.200. The molecule has 0 atom stereocenters. The van der Waals surface area contributed by atoms with Gasteiger partial charge < -0.3 is 14.8 Å². The van der Waals surface area contributed by atoms with Crippen LogP contribution in [0.2, 0.25) is 0 Å². The van der Waals surface area contributed by atoms with E-state index in [-0.39, 0.29) is 12.7 Å². The molecule has 0 radical (unpaired) electrons. The Morgan fingerprint density at radius 2 is 1.95 bits per heavy atom. The summed E-state index contributed by atoms with van der Waals surface area (Å²) < 4.78 is 10.5. The Bertz CT molecular complexity index is 653. The largest absolute Gasteiger partial charge is 0.454 e. The lowest BCUT2D eigenvalue weighted by molar-refractivity contribution is -0.111. The third-order valence-corrected chi connectivity index (χ3v) is 2.77. The first-order chi connectivity index (χ1) is 9.81. The van der Waals surface area contributed by atoms with Gasteiger partial charge in [0.05, 0.1) is 0 Å². The van der Waals surface area contributed by atoms with Crippen molar-refractivity contribution in [3.05, 3.63) is 54.4 Å². The maximum Gasteiger partial charge on any atom is 0.248 e. The Kier molecular flexibility index (Phi) is 3.33. The molecule has 5 nitrogen and oxygen atoms in total. The van der Waals surface area contributed by atoms with Crippen LogP contribution in [-0.4, -0.2) is 17.7 Å². The highest BCUT2D eigenvalue weighted by molar-refractivity contribution is 6.01. The molecule has 1 aromatic carbocycles. The van der Waals surface area contributed by atoms with Crippen molar-refractivity contribution in [2.75, 3.05) is 12.1 Å². The molecule has 0 unspecified atom stereocenters. The number of hydrogen-bond donors (Lipinski definition) is 1. The predicted octanol–water partition coefficient (Wildman–Crippen LogP) is 2.46. The molecule has 1 aromatic heterocycles. The van der Waals surface area contributed by atoms with Gasteiger partial charge in [-0.3, -0.25) is 9.78 Å². The molecule has 1 amide bonds. The molecular formula is C15H12N2O3. The minimum atomic E-state index is -0.200. The molecule has 0 bridgehead atoms. The van der Waals surface area contributed by atoms with Crippen LogP contribution >= 0.6 is 0 Å². The van der Waals surface area contributed by atoms with E-state index >= 15 is 0 Å². The molecule has 0 saturated heterocycles. The van der Waals surface area contributed by atoms with Crippen LogP contribution in [-0.2, 0) is 4.79 Å². The number of benzene rings is 1. The average molecular weight is 268 g/mol. The molecule has 0 aliphatic carbocycles. The summed E-state index contributed by atoms with van der Waals surface area (Å²) in [6, 6.07) is 8.98. The zero-order valence-corrected chi connectivity index (χ0v) is 10.6. The molecular weight excluding hydrogens is 256 g/mol. The van der Waals surface area contributed by atoms with E-state index < -0.39 is 0 Å². The van der Waals surface area contributed by atoms with Crippen LogP contribution in [0.4, 0.5) is 5.69 Å². The Balaban J connectivity index is 1.66. The second kappa shape index (κ2) is 5.44. The fraction of sp³-hybridized carbons (Fsp3) is 0.0667. The first-order valence-corrected chi connectivity index (χ1v) is 6.10. The topological polar surface area (TPSA) is 60.5 Å². The monoisotopic (exact) mass is 268 g/mol. The number of hydrogen-bond acceptors (Lipinski definition) is 4. The summed E-state index contributed by atoms with van der Waals surface area (Å²) in [4.78, 5) is 15.6. The van der Waals surface area contributed by atoms with Crippen molar-refractivity contribution >= 4 is 17.7 Å². The van der Waals surface area contributed by atoms with E-state index in [0.29, 0.717) is 11.4 Å². The van der Waals surface area contributed by atoms with E-state index in [1.165, 1.54) is 6.08 Å². The lowest BCUT2D eigenvalue weighted by Crippen LogP contribution is -2.07. The molecule has 1 N–H and O–H groups in total. The van der Waals surface area contributed by atoms with Crippen molar-refractivity contribution in [3.8, 4) is 11.5 Å². The molecule has 1 aliphatic rings.